The third-order valence-electron chi connectivity index (χ3n) is 5.41. The lowest BCUT2D eigenvalue weighted by Gasteiger charge is -2.34. The average molecular weight is 479 g/mol. The lowest BCUT2D eigenvalue weighted by atomic mass is 10.1. The molecule has 12 heteroatoms. The number of carbonyl (C=O) groups is 1. The van der Waals surface area contributed by atoms with E-state index in [9.17, 15) is 14.9 Å². The maximum absolute atomic E-state index is 13.1. The van der Waals surface area contributed by atoms with Crippen LogP contribution in [0.5, 0.6) is 0 Å². The molecule has 4 rings (SSSR count). The number of hydrogen-bond donors (Lipinski definition) is 0. The number of nitro groups is 1. The zero-order valence-electron chi connectivity index (χ0n) is 17.2. The Morgan fingerprint density at radius 1 is 1.22 bits per heavy atom. The number of aryl methyl sites for hydroxylation is 1. The molecule has 0 saturated carbocycles. The quantitative estimate of drug-likeness (QED) is 0.394. The van der Waals surface area contributed by atoms with Crippen LogP contribution in [0.15, 0.2) is 35.1 Å². The van der Waals surface area contributed by atoms with Gasteiger partial charge in [0.2, 0.25) is 0 Å². The van der Waals surface area contributed by atoms with Gasteiger partial charge in [0.15, 0.2) is 5.69 Å². The Morgan fingerprint density at radius 2 is 1.97 bits per heavy atom. The Morgan fingerprint density at radius 3 is 2.62 bits per heavy atom. The van der Waals surface area contributed by atoms with Gasteiger partial charge >= 0.3 is 5.69 Å². The fourth-order valence-corrected chi connectivity index (χ4v) is 4.06. The van der Waals surface area contributed by atoms with E-state index in [4.69, 9.17) is 27.7 Å². The van der Waals surface area contributed by atoms with Gasteiger partial charge in [-0.05, 0) is 24.6 Å². The first kappa shape index (κ1) is 22.3. The van der Waals surface area contributed by atoms with Crippen LogP contribution >= 0.6 is 23.2 Å². The number of hydrogen-bond acceptors (Lipinski definition) is 7. The molecule has 1 aliphatic rings. The highest BCUT2D eigenvalue weighted by Crippen LogP contribution is 2.23. The second-order valence-corrected chi connectivity index (χ2v) is 8.37. The van der Waals surface area contributed by atoms with E-state index in [0.29, 0.717) is 54.1 Å². The number of halogens is 2. The first-order valence-electron chi connectivity index (χ1n) is 9.89. The van der Waals surface area contributed by atoms with Crippen molar-refractivity contribution in [2.24, 2.45) is 0 Å². The number of carbonyl (C=O) groups excluding carboxylic acids is 1. The van der Waals surface area contributed by atoms with E-state index in [-0.39, 0.29) is 23.8 Å². The summed E-state index contributed by atoms with van der Waals surface area (Å²) < 4.78 is 6.64. The molecule has 0 N–H and O–H groups in total. The standard InChI is InChI=1S/C20H20Cl2N6O4/c1-13-17(12-27-11-16(9-23-27)28(30)31)19(24-32-13)20(29)26-6-4-25(5-7-26)10-14-2-3-15(21)8-18(14)22/h2-3,8-9,11H,4-7,10,12H2,1H3. The minimum absolute atomic E-state index is 0.121. The average Bonchev–Trinajstić information content (AvgIpc) is 3.38. The Balaban J connectivity index is 1.40. The zero-order chi connectivity index (χ0) is 22.8. The second kappa shape index (κ2) is 9.27. The predicted molar refractivity (Wildman–Crippen MR) is 117 cm³/mol. The Hall–Kier alpha value is -2.95. The predicted octanol–water partition coefficient (Wildman–Crippen LogP) is 3.40. The van der Waals surface area contributed by atoms with Crippen molar-refractivity contribution < 1.29 is 14.2 Å². The summed E-state index contributed by atoms with van der Waals surface area (Å²) in [5.74, 6) is 0.241. The number of piperazine rings is 1. The fourth-order valence-electron chi connectivity index (χ4n) is 3.59. The highest BCUT2D eigenvalue weighted by Gasteiger charge is 2.28. The van der Waals surface area contributed by atoms with Crippen molar-refractivity contribution in [3.63, 3.8) is 0 Å². The molecule has 10 nitrogen and oxygen atoms in total. The monoisotopic (exact) mass is 478 g/mol. The molecule has 0 bridgehead atoms. The first-order chi connectivity index (χ1) is 15.3. The molecule has 1 saturated heterocycles. The van der Waals surface area contributed by atoms with Gasteiger partial charge in [0.05, 0.1) is 11.5 Å². The van der Waals surface area contributed by atoms with Crippen molar-refractivity contribution in [2.75, 3.05) is 26.2 Å². The van der Waals surface area contributed by atoms with Crippen molar-refractivity contribution in [1.29, 1.82) is 0 Å². The summed E-state index contributed by atoms with van der Waals surface area (Å²) in [6.07, 6.45) is 2.47. The van der Waals surface area contributed by atoms with Gasteiger partial charge in [-0.3, -0.25) is 24.5 Å². The van der Waals surface area contributed by atoms with Crippen molar-refractivity contribution in [1.82, 2.24) is 24.7 Å². The lowest BCUT2D eigenvalue weighted by molar-refractivity contribution is -0.385. The fraction of sp³-hybridized carbons (Fsp3) is 0.350. The van der Waals surface area contributed by atoms with E-state index in [1.807, 2.05) is 12.1 Å². The van der Waals surface area contributed by atoms with Crippen LogP contribution < -0.4 is 0 Å². The molecule has 0 spiro atoms. The molecule has 2 aromatic heterocycles. The van der Waals surface area contributed by atoms with Crippen LogP contribution in [0.25, 0.3) is 0 Å². The van der Waals surface area contributed by atoms with Crippen molar-refractivity contribution >= 4 is 34.8 Å². The molecule has 1 amide bonds. The van der Waals surface area contributed by atoms with Gasteiger partial charge < -0.3 is 9.42 Å². The Labute approximate surface area is 193 Å². The summed E-state index contributed by atoms with van der Waals surface area (Å²) in [4.78, 5) is 27.4. The van der Waals surface area contributed by atoms with Crippen LogP contribution in [0.3, 0.4) is 0 Å². The molecule has 3 aromatic rings. The molecule has 0 aliphatic carbocycles. The summed E-state index contributed by atoms with van der Waals surface area (Å²) >= 11 is 12.2. The van der Waals surface area contributed by atoms with Gasteiger partial charge in [-0.25, -0.2) is 0 Å². The van der Waals surface area contributed by atoms with Gasteiger partial charge in [0.25, 0.3) is 5.91 Å². The maximum Gasteiger partial charge on any atom is 0.307 e. The van der Waals surface area contributed by atoms with Crippen molar-refractivity contribution in [3.8, 4) is 0 Å². The topological polar surface area (TPSA) is 111 Å². The molecule has 1 fully saturated rings. The van der Waals surface area contributed by atoms with E-state index >= 15 is 0 Å². The second-order valence-electron chi connectivity index (χ2n) is 7.52. The number of benzene rings is 1. The highest BCUT2D eigenvalue weighted by atomic mass is 35.5. The van der Waals surface area contributed by atoms with Crippen molar-refractivity contribution in [2.45, 2.75) is 20.0 Å². The number of rotatable bonds is 6. The van der Waals surface area contributed by atoms with E-state index < -0.39 is 4.92 Å². The highest BCUT2D eigenvalue weighted by molar-refractivity contribution is 6.35. The van der Waals surface area contributed by atoms with Crippen LogP contribution in [-0.4, -0.2) is 61.7 Å². The van der Waals surface area contributed by atoms with Crippen LogP contribution in [0.4, 0.5) is 5.69 Å². The molecule has 3 heterocycles. The molecular weight excluding hydrogens is 459 g/mol. The van der Waals surface area contributed by atoms with Crippen LogP contribution in [0, 0.1) is 17.0 Å². The smallest absolute Gasteiger partial charge is 0.307 e. The maximum atomic E-state index is 13.1. The summed E-state index contributed by atoms with van der Waals surface area (Å²) in [6.45, 7) is 4.95. The molecule has 1 aliphatic heterocycles. The molecular formula is C20H20Cl2N6O4. The van der Waals surface area contributed by atoms with Crippen LogP contribution in [0.2, 0.25) is 10.0 Å². The normalized spacial score (nSPS) is 14.7. The molecule has 0 unspecified atom stereocenters. The van der Waals surface area contributed by atoms with Gasteiger partial charge in [-0.15, -0.1) is 0 Å². The van der Waals surface area contributed by atoms with E-state index in [1.54, 1.807) is 17.9 Å². The lowest BCUT2D eigenvalue weighted by Crippen LogP contribution is -2.48. The Kier molecular flexibility index (Phi) is 6.45. The first-order valence-corrected chi connectivity index (χ1v) is 10.6. The van der Waals surface area contributed by atoms with Gasteiger partial charge in [0.1, 0.15) is 18.2 Å². The molecule has 0 atom stereocenters. The third kappa shape index (κ3) is 4.77. The summed E-state index contributed by atoms with van der Waals surface area (Å²) in [5, 5.41) is 20.0. The number of amides is 1. The largest absolute Gasteiger partial charge is 0.361 e. The van der Waals surface area contributed by atoms with Crippen LogP contribution in [0.1, 0.15) is 27.4 Å². The van der Waals surface area contributed by atoms with Crippen molar-refractivity contribution in [3.05, 3.63) is 73.3 Å². The summed E-state index contributed by atoms with van der Waals surface area (Å²) in [6, 6.07) is 5.44. The molecule has 168 valence electrons. The van der Waals surface area contributed by atoms with E-state index in [1.165, 1.54) is 10.9 Å². The minimum atomic E-state index is -0.521. The van der Waals surface area contributed by atoms with E-state index in [2.05, 4.69) is 15.2 Å². The van der Waals surface area contributed by atoms with Gasteiger partial charge in [-0.1, -0.05) is 34.4 Å². The third-order valence-corrected chi connectivity index (χ3v) is 5.99. The summed E-state index contributed by atoms with van der Waals surface area (Å²) in [5.41, 5.74) is 1.63. The SMILES string of the molecule is Cc1onc(C(=O)N2CCN(Cc3ccc(Cl)cc3Cl)CC2)c1Cn1cc([N+](=O)[O-])cn1. The van der Waals surface area contributed by atoms with Gasteiger partial charge in [-0.2, -0.15) is 5.10 Å². The van der Waals surface area contributed by atoms with Gasteiger partial charge in [0, 0.05) is 48.3 Å². The van der Waals surface area contributed by atoms with Crippen LogP contribution in [-0.2, 0) is 13.1 Å². The zero-order valence-corrected chi connectivity index (χ0v) is 18.7. The number of aromatic nitrogens is 3. The molecule has 32 heavy (non-hydrogen) atoms. The summed E-state index contributed by atoms with van der Waals surface area (Å²) in [7, 11) is 0. The Bertz CT molecular complexity index is 1150. The molecule has 0 radical (unpaired) electrons. The molecule has 1 aromatic carbocycles. The van der Waals surface area contributed by atoms with E-state index in [0.717, 1.165) is 11.8 Å². The minimum Gasteiger partial charge on any atom is -0.361 e. The number of nitrogens with zero attached hydrogens (tertiary/aromatic N) is 6.